The number of amides is 1. The molecule has 0 spiro atoms. The molecule has 0 aromatic rings. The van der Waals surface area contributed by atoms with Crippen LogP contribution >= 0.6 is 0 Å². The summed E-state index contributed by atoms with van der Waals surface area (Å²) in [5.41, 5.74) is -3.19. The zero-order valence-corrected chi connectivity index (χ0v) is 10.8. The molecule has 0 aromatic heterocycles. The van der Waals surface area contributed by atoms with Crippen molar-refractivity contribution in [1.29, 1.82) is 0 Å². The van der Waals surface area contributed by atoms with Crippen LogP contribution in [-0.2, 0) is 14.3 Å². The smallest absolute Gasteiger partial charge is 0.417 e. The SMILES string of the molecule is COCCNC(=O)C(C)NC(C)(C(=O)O)C(F)(F)F. The third-order valence-corrected chi connectivity index (χ3v) is 2.50. The lowest BCUT2D eigenvalue weighted by Crippen LogP contribution is -2.64. The minimum Gasteiger partial charge on any atom is -0.480 e. The molecule has 3 N–H and O–H groups in total. The van der Waals surface area contributed by atoms with E-state index in [4.69, 9.17) is 5.11 Å². The summed E-state index contributed by atoms with van der Waals surface area (Å²) in [6.07, 6.45) is -5.03. The summed E-state index contributed by atoms with van der Waals surface area (Å²) >= 11 is 0. The third-order valence-electron chi connectivity index (χ3n) is 2.50. The van der Waals surface area contributed by atoms with Crippen molar-refractivity contribution in [2.45, 2.75) is 31.6 Å². The Hall–Kier alpha value is -1.35. The van der Waals surface area contributed by atoms with Crippen LogP contribution in [-0.4, -0.2) is 55.0 Å². The Morgan fingerprint density at radius 1 is 1.37 bits per heavy atom. The highest BCUT2D eigenvalue weighted by molar-refractivity contribution is 5.84. The molecular weight excluding hydrogens is 269 g/mol. The van der Waals surface area contributed by atoms with Crippen molar-refractivity contribution in [3.05, 3.63) is 0 Å². The largest absolute Gasteiger partial charge is 0.480 e. The Morgan fingerprint density at radius 3 is 2.26 bits per heavy atom. The van der Waals surface area contributed by atoms with Crippen LogP contribution in [0.2, 0.25) is 0 Å². The van der Waals surface area contributed by atoms with E-state index < -0.39 is 29.6 Å². The zero-order valence-electron chi connectivity index (χ0n) is 10.8. The number of carboxylic acids is 1. The van der Waals surface area contributed by atoms with E-state index in [0.717, 1.165) is 6.92 Å². The minimum atomic E-state index is -5.03. The normalized spacial score (nSPS) is 16.5. The van der Waals surface area contributed by atoms with Crippen molar-refractivity contribution in [1.82, 2.24) is 10.6 Å². The highest BCUT2D eigenvalue weighted by Crippen LogP contribution is 2.30. The number of ether oxygens (including phenoxy) is 1. The molecule has 0 heterocycles. The zero-order chi connectivity index (χ0) is 15.3. The molecule has 0 aliphatic heterocycles. The van der Waals surface area contributed by atoms with Crippen LogP contribution in [0.5, 0.6) is 0 Å². The maximum Gasteiger partial charge on any atom is 0.417 e. The first-order chi connectivity index (χ1) is 8.56. The van der Waals surface area contributed by atoms with E-state index in [1.807, 2.05) is 0 Å². The van der Waals surface area contributed by atoms with Gasteiger partial charge in [0.2, 0.25) is 11.4 Å². The molecule has 0 aliphatic rings. The first-order valence-electron chi connectivity index (χ1n) is 5.40. The second-order valence-electron chi connectivity index (χ2n) is 4.08. The predicted octanol–water partition coefficient (Wildman–Crippen LogP) is 0.133. The molecule has 9 heteroatoms. The lowest BCUT2D eigenvalue weighted by molar-refractivity contribution is -0.207. The van der Waals surface area contributed by atoms with Crippen LogP contribution < -0.4 is 10.6 Å². The first-order valence-corrected chi connectivity index (χ1v) is 5.40. The van der Waals surface area contributed by atoms with Gasteiger partial charge in [0, 0.05) is 13.7 Å². The van der Waals surface area contributed by atoms with Gasteiger partial charge in [-0.05, 0) is 13.8 Å². The number of rotatable bonds is 7. The average molecular weight is 286 g/mol. The van der Waals surface area contributed by atoms with Gasteiger partial charge in [-0.2, -0.15) is 13.2 Å². The van der Waals surface area contributed by atoms with Gasteiger partial charge in [-0.15, -0.1) is 0 Å². The van der Waals surface area contributed by atoms with Gasteiger partial charge >= 0.3 is 12.1 Å². The van der Waals surface area contributed by atoms with E-state index in [1.165, 1.54) is 7.11 Å². The molecule has 0 bridgehead atoms. The predicted molar refractivity (Wildman–Crippen MR) is 59.6 cm³/mol. The van der Waals surface area contributed by atoms with Crippen molar-refractivity contribution in [2.24, 2.45) is 0 Å². The van der Waals surface area contributed by atoms with Crippen molar-refractivity contribution in [3.63, 3.8) is 0 Å². The Kier molecular flexibility index (Phi) is 6.23. The summed E-state index contributed by atoms with van der Waals surface area (Å²) in [5.74, 6) is -2.84. The molecule has 6 nitrogen and oxygen atoms in total. The highest BCUT2D eigenvalue weighted by atomic mass is 19.4. The number of carbonyl (C=O) groups is 2. The number of aliphatic carboxylic acids is 1. The standard InChI is InChI=1S/C10H17F3N2O4/c1-6(7(16)14-4-5-19-3)15-9(2,8(17)18)10(11,12)13/h6,15H,4-5H2,1-3H3,(H,14,16)(H,17,18). The molecule has 0 saturated carbocycles. The fourth-order valence-corrected chi connectivity index (χ4v) is 1.19. The second-order valence-corrected chi connectivity index (χ2v) is 4.08. The Bertz CT molecular complexity index is 335. The number of carbonyl (C=O) groups excluding carboxylic acids is 1. The lowest BCUT2D eigenvalue weighted by Gasteiger charge is -2.31. The van der Waals surface area contributed by atoms with E-state index in [0.29, 0.717) is 6.92 Å². The molecule has 2 atom stereocenters. The summed E-state index contributed by atoms with van der Waals surface area (Å²) in [4.78, 5) is 22.2. The molecule has 1 amide bonds. The van der Waals surface area contributed by atoms with E-state index in [1.54, 1.807) is 5.32 Å². The van der Waals surface area contributed by atoms with Crippen LogP contribution in [0, 0.1) is 0 Å². The maximum atomic E-state index is 12.7. The van der Waals surface area contributed by atoms with Crippen LogP contribution in [0.3, 0.4) is 0 Å². The molecule has 0 rings (SSSR count). The molecule has 0 aromatic carbocycles. The summed E-state index contributed by atoms with van der Waals surface area (Å²) in [5, 5.41) is 12.8. The Balaban J connectivity index is 4.70. The molecule has 0 fully saturated rings. The average Bonchev–Trinajstić information content (AvgIpc) is 2.27. The van der Waals surface area contributed by atoms with Crippen LogP contribution in [0.4, 0.5) is 13.2 Å². The maximum absolute atomic E-state index is 12.7. The monoisotopic (exact) mass is 286 g/mol. The van der Waals surface area contributed by atoms with Gasteiger partial charge in [-0.1, -0.05) is 0 Å². The molecule has 2 unspecified atom stereocenters. The quantitative estimate of drug-likeness (QED) is 0.579. The van der Waals surface area contributed by atoms with Crippen LogP contribution in [0.15, 0.2) is 0 Å². The van der Waals surface area contributed by atoms with Crippen molar-refractivity contribution >= 4 is 11.9 Å². The number of hydrogen-bond donors (Lipinski definition) is 3. The van der Waals surface area contributed by atoms with Gasteiger partial charge in [0.25, 0.3) is 0 Å². The Labute approximate surface area is 108 Å². The summed E-state index contributed by atoms with van der Waals surface area (Å²) < 4.78 is 42.7. The highest BCUT2D eigenvalue weighted by Gasteiger charge is 2.58. The summed E-state index contributed by atoms with van der Waals surface area (Å²) in [6.45, 7) is 1.94. The van der Waals surface area contributed by atoms with Gasteiger partial charge in [-0.3, -0.25) is 10.1 Å². The van der Waals surface area contributed by atoms with Crippen molar-refractivity contribution in [2.75, 3.05) is 20.3 Å². The molecule has 0 aliphatic carbocycles. The van der Waals surface area contributed by atoms with Gasteiger partial charge in [0.1, 0.15) is 0 Å². The number of hydrogen-bond acceptors (Lipinski definition) is 4. The van der Waals surface area contributed by atoms with E-state index in [9.17, 15) is 22.8 Å². The summed E-state index contributed by atoms with van der Waals surface area (Å²) in [6, 6.07) is -1.32. The molecular formula is C10H17F3N2O4. The van der Waals surface area contributed by atoms with E-state index >= 15 is 0 Å². The number of carboxylic acid groups (broad SMARTS) is 1. The molecule has 0 saturated heterocycles. The van der Waals surface area contributed by atoms with Crippen molar-refractivity contribution < 1.29 is 32.6 Å². The third kappa shape index (κ3) is 4.67. The van der Waals surface area contributed by atoms with Gasteiger partial charge in [0.05, 0.1) is 12.6 Å². The fraction of sp³-hybridized carbons (Fsp3) is 0.800. The number of alkyl halides is 3. The lowest BCUT2D eigenvalue weighted by atomic mass is 10.0. The van der Waals surface area contributed by atoms with Gasteiger partial charge < -0.3 is 15.2 Å². The van der Waals surface area contributed by atoms with E-state index in [-0.39, 0.29) is 13.2 Å². The minimum absolute atomic E-state index is 0.122. The topological polar surface area (TPSA) is 87.7 Å². The molecule has 0 radical (unpaired) electrons. The fourth-order valence-electron chi connectivity index (χ4n) is 1.19. The van der Waals surface area contributed by atoms with Gasteiger partial charge in [-0.25, -0.2) is 4.79 Å². The van der Waals surface area contributed by atoms with Gasteiger partial charge in [0.15, 0.2) is 0 Å². The van der Waals surface area contributed by atoms with Crippen LogP contribution in [0.1, 0.15) is 13.8 Å². The number of nitrogens with one attached hydrogen (secondary N) is 2. The second kappa shape index (κ2) is 6.71. The van der Waals surface area contributed by atoms with Crippen LogP contribution in [0.25, 0.3) is 0 Å². The Morgan fingerprint density at radius 2 is 1.89 bits per heavy atom. The number of halogens is 3. The first kappa shape index (κ1) is 17.6. The van der Waals surface area contributed by atoms with E-state index in [2.05, 4.69) is 10.1 Å². The number of methoxy groups -OCH3 is 1. The molecule has 112 valence electrons. The van der Waals surface area contributed by atoms with Crippen molar-refractivity contribution in [3.8, 4) is 0 Å². The molecule has 19 heavy (non-hydrogen) atoms. The summed E-state index contributed by atoms with van der Waals surface area (Å²) in [7, 11) is 1.40.